The van der Waals surface area contributed by atoms with Gasteiger partial charge in [-0.3, -0.25) is 0 Å². The van der Waals surface area contributed by atoms with Gasteiger partial charge in [0, 0.05) is 6.61 Å². The highest BCUT2D eigenvalue weighted by Crippen LogP contribution is 2.34. The lowest BCUT2D eigenvalue weighted by Gasteiger charge is -2.34. The van der Waals surface area contributed by atoms with Crippen molar-refractivity contribution in [3.8, 4) is 0 Å². The van der Waals surface area contributed by atoms with Crippen molar-refractivity contribution in [1.29, 1.82) is 0 Å². The second-order valence-corrected chi connectivity index (χ2v) is 11.4. The monoisotopic (exact) mass is 483 g/mol. The third kappa shape index (κ3) is 19.1. The van der Waals surface area contributed by atoms with Crippen LogP contribution in [-0.2, 0) is 0 Å². The topological polar surface area (TPSA) is 40.5 Å². The minimum atomic E-state index is -0.103. The molecule has 0 aliphatic heterocycles. The van der Waals surface area contributed by atoms with Gasteiger partial charge in [0.25, 0.3) is 0 Å². The highest BCUT2D eigenvalue weighted by atomic mass is 16.3. The number of aliphatic hydroxyl groups is 2. The lowest BCUT2D eigenvalue weighted by molar-refractivity contribution is 0.0102. The van der Waals surface area contributed by atoms with Crippen molar-refractivity contribution < 1.29 is 10.2 Å². The fourth-order valence-corrected chi connectivity index (χ4v) is 5.76. The van der Waals surface area contributed by atoms with Crippen LogP contribution in [0.5, 0.6) is 0 Å². The highest BCUT2D eigenvalue weighted by Gasteiger charge is 2.30. The van der Waals surface area contributed by atoms with Gasteiger partial charge in [-0.2, -0.15) is 0 Å². The molecule has 2 N–H and O–H groups in total. The molecular formula is C32H66O2. The zero-order valence-electron chi connectivity index (χ0n) is 24.2. The largest absolute Gasteiger partial charge is 0.396 e. The number of hydrogen-bond donors (Lipinski definition) is 2. The second-order valence-electron chi connectivity index (χ2n) is 11.4. The molecule has 0 rings (SSSR count). The summed E-state index contributed by atoms with van der Waals surface area (Å²) in [5.41, 5.74) is 0. The molecule has 0 saturated carbocycles. The quantitative estimate of drug-likeness (QED) is 0.114. The molecule has 0 aliphatic carbocycles. The van der Waals surface area contributed by atoms with Crippen molar-refractivity contribution in [3.63, 3.8) is 0 Å². The molecule has 0 radical (unpaired) electrons. The van der Waals surface area contributed by atoms with Crippen LogP contribution >= 0.6 is 0 Å². The molecule has 0 aromatic heterocycles. The summed E-state index contributed by atoms with van der Waals surface area (Å²) in [5.74, 6) is 1.63. The molecular weight excluding hydrogens is 416 g/mol. The van der Waals surface area contributed by atoms with E-state index in [0.717, 1.165) is 6.42 Å². The number of unbranched alkanes of at least 4 members (excludes halogenated alkanes) is 15. The van der Waals surface area contributed by atoms with E-state index >= 15 is 0 Å². The first-order valence-electron chi connectivity index (χ1n) is 15.9. The van der Waals surface area contributed by atoms with Crippen molar-refractivity contribution in [2.24, 2.45) is 17.8 Å². The average Bonchev–Trinajstić information content (AvgIpc) is 2.84. The summed E-state index contributed by atoms with van der Waals surface area (Å²) in [4.78, 5) is 0. The van der Waals surface area contributed by atoms with Gasteiger partial charge in [0.15, 0.2) is 0 Å². The van der Waals surface area contributed by atoms with Gasteiger partial charge in [-0.1, -0.05) is 150 Å². The van der Waals surface area contributed by atoms with Crippen LogP contribution in [0.4, 0.5) is 0 Å². The van der Waals surface area contributed by atoms with E-state index in [0.29, 0.717) is 24.4 Å². The summed E-state index contributed by atoms with van der Waals surface area (Å²) in [7, 11) is 0. The summed E-state index contributed by atoms with van der Waals surface area (Å²) in [6.07, 6.45) is 29.4. The van der Waals surface area contributed by atoms with Crippen LogP contribution in [0.1, 0.15) is 175 Å². The Bertz CT molecular complexity index is 383. The van der Waals surface area contributed by atoms with E-state index in [4.69, 9.17) is 5.11 Å². The Morgan fingerprint density at radius 1 is 0.471 bits per heavy atom. The van der Waals surface area contributed by atoms with Crippen molar-refractivity contribution in [2.75, 3.05) is 6.61 Å². The van der Waals surface area contributed by atoms with Gasteiger partial charge < -0.3 is 10.2 Å². The first kappa shape index (κ1) is 33.9. The summed E-state index contributed by atoms with van der Waals surface area (Å²) in [6, 6.07) is 0. The number of aliphatic hydroxyl groups excluding tert-OH is 2. The molecule has 0 saturated heterocycles. The van der Waals surface area contributed by atoms with Gasteiger partial charge in [-0.25, -0.2) is 0 Å². The fraction of sp³-hybridized carbons (Fsp3) is 1.00. The fourth-order valence-electron chi connectivity index (χ4n) is 5.76. The smallest absolute Gasteiger partial charge is 0.0599 e. The summed E-state index contributed by atoms with van der Waals surface area (Å²) < 4.78 is 0. The van der Waals surface area contributed by atoms with Crippen LogP contribution in [0.15, 0.2) is 0 Å². The molecule has 34 heavy (non-hydrogen) atoms. The van der Waals surface area contributed by atoms with E-state index in [9.17, 15) is 5.11 Å². The molecule has 0 aromatic carbocycles. The van der Waals surface area contributed by atoms with E-state index in [2.05, 4.69) is 27.7 Å². The van der Waals surface area contributed by atoms with Crippen molar-refractivity contribution in [2.45, 2.75) is 181 Å². The molecule has 0 aliphatic rings. The molecule has 4 unspecified atom stereocenters. The Morgan fingerprint density at radius 2 is 0.882 bits per heavy atom. The van der Waals surface area contributed by atoms with Crippen LogP contribution in [0.2, 0.25) is 0 Å². The molecule has 0 fully saturated rings. The van der Waals surface area contributed by atoms with Gasteiger partial charge >= 0.3 is 0 Å². The molecule has 206 valence electrons. The maximum Gasteiger partial charge on any atom is 0.0599 e. The van der Waals surface area contributed by atoms with E-state index in [1.807, 2.05) is 0 Å². The summed E-state index contributed by atoms with van der Waals surface area (Å²) >= 11 is 0. The van der Waals surface area contributed by atoms with Crippen LogP contribution in [-0.4, -0.2) is 22.9 Å². The lowest BCUT2D eigenvalue weighted by Crippen LogP contribution is -2.33. The van der Waals surface area contributed by atoms with Crippen LogP contribution in [0, 0.1) is 17.8 Å². The predicted octanol–water partition coefficient (Wildman–Crippen LogP) is 10.2. The standard InChI is InChI=1S/C32H66O2/c1-5-8-11-13-17-21-26-30(25-20-12-9-6-2)32(34)31(29(4)24-10-7-3)27-22-18-15-14-16-19-23-28-33/h29-34H,5-28H2,1-4H3. The van der Waals surface area contributed by atoms with E-state index in [1.54, 1.807) is 0 Å². The Morgan fingerprint density at radius 3 is 1.38 bits per heavy atom. The van der Waals surface area contributed by atoms with Crippen LogP contribution < -0.4 is 0 Å². The Kier molecular flexibility index (Phi) is 25.9. The zero-order valence-corrected chi connectivity index (χ0v) is 24.2. The maximum atomic E-state index is 11.7. The van der Waals surface area contributed by atoms with Gasteiger partial charge in [-0.15, -0.1) is 0 Å². The SMILES string of the molecule is CCCCCCCCC(CCCCCC)C(O)C(CCCCCCCCCO)C(C)CCCC. The van der Waals surface area contributed by atoms with Gasteiger partial charge in [-0.05, 0) is 43.4 Å². The van der Waals surface area contributed by atoms with Crippen molar-refractivity contribution >= 4 is 0 Å². The molecule has 0 bridgehead atoms. The molecule has 0 amide bonds. The molecule has 0 spiro atoms. The minimum Gasteiger partial charge on any atom is -0.396 e. The first-order chi connectivity index (χ1) is 16.6. The molecule has 2 heteroatoms. The second kappa shape index (κ2) is 26.0. The van der Waals surface area contributed by atoms with Gasteiger partial charge in [0.1, 0.15) is 0 Å². The average molecular weight is 483 g/mol. The number of rotatable bonds is 27. The molecule has 2 nitrogen and oxygen atoms in total. The Hall–Kier alpha value is -0.0800. The Balaban J connectivity index is 4.81. The van der Waals surface area contributed by atoms with Crippen molar-refractivity contribution in [1.82, 2.24) is 0 Å². The summed E-state index contributed by atoms with van der Waals surface area (Å²) in [6.45, 7) is 9.65. The van der Waals surface area contributed by atoms with Crippen LogP contribution in [0.25, 0.3) is 0 Å². The van der Waals surface area contributed by atoms with E-state index in [1.165, 1.54) is 141 Å². The van der Waals surface area contributed by atoms with E-state index < -0.39 is 0 Å². The maximum absolute atomic E-state index is 11.7. The molecule has 0 heterocycles. The van der Waals surface area contributed by atoms with E-state index in [-0.39, 0.29) is 6.10 Å². The van der Waals surface area contributed by atoms with Gasteiger partial charge in [0.05, 0.1) is 6.10 Å². The Labute approximate surface area is 216 Å². The van der Waals surface area contributed by atoms with Gasteiger partial charge in [0.2, 0.25) is 0 Å². The summed E-state index contributed by atoms with van der Waals surface area (Å²) in [5, 5.41) is 20.6. The van der Waals surface area contributed by atoms with Crippen LogP contribution in [0.3, 0.4) is 0 Å². The highest BCUT2D eigenvalue weighted by molar-refractivity contribution is 4.81. The minimum absolute atomic E-state index is 0.103. The van der Waals surface area contributed by atoms with Crippen molar-refractivity contribution in [3.05, 3.63) is 0 Å². The zero-order chi connectivity index (χ0) is 25.3. The third-order valence-corrected chi connectivity index (χ3v) is 8.22. The molecule has 0 aromatic rings. The molecule has 4 atom stereocenters. The predicted molar refractivity (Wildman–Crippen MR) is 152 cm³/mol. The normalized spacial score (nSPS) is 15.4. The third-order valence-electron chi connectivity index (χ3n) is 8.22. The first-order valence-corrected chi connectivity index (χ1v) is 15.9. The number of hydrogen-bond acceptors (Lipinski definition) is 2. The lowest BCUT2D eigenvalue weighted by atomic mass is 9.75.